The molecule has 1 amide bonds. The number of aliphatic hydroxyl groups is 2. The number of hydrogen-bond donors (Lipinski definition) is 3. The number of nitrogens with one attached hydrogen (secondary N) is 1. The number of hydrogen-bond acceptors (Lipinski definition) is 6. The molecule has 3 N–H and O–H groups in total. The molecule has 0 spiro atoms. The van der Waals surface area contributed by atoms with Crippen LogP contribution in [0.3, 0.4) is 0 Å². The molecule has 1 saturated carbocycles. The van der Waals surface area contributed by atoms with Crippen molar-refractivity contribution < 1.29 is 37.3 Å². The van der Waals surface area contributed by atoms with Crippen LogP contribution in [0.2, 0.25) is 0 Å². The van der Waals surface area contributed by atoms with E-state index in [0.29, 0.717) is 17.7 Å². The number of aromatic nitrogens is 2. The van der Waals surface area contributed by atoms with Gasteiger partial charge in [0.1, 0.15) is 34.5 Å². The van der Waals surface area contributed by atoms with E-state index in [1.54, 1.807) is 19.2 Å². The van der Waals surface area contributed by atoms with Crippen LogP contribution in [-0.4, -0.2) is 51.0 Å². The minimum atomic E-state index is -1.98. The van der Waals surface area contributed by atoms with Crippen LogP contribution in [0.5, 0.6) is 0 Å². The molecule has 0 unspecified atom stereocenters. The highest BCUT2D eigenvalue weighted by atomic mass is 19.1. The number of alkyl halides is 1. The van der Waals surface area contributed by atoms with Crippen molar-refractivity contribution in [2.75, 3.05) is 18.5 Å². The summed E-state index contributed by atoms with van der Waals surface area (Å²) < 4.78 is 65.6. The predicted octanol–water partition coefficient (Wildman–Crippen LogP) is 5.41. The van der Waals surface area contributed by atoms with Crippen LogP contribution < -0.4 is 5.32 Å². The van der Waals surface area contributed by atoms with Crippen molar-refractivity contribution in [1.29, 1.82) is 0 Å². The molecule has 2 aromatic heterocycles. The van der Waals surface area contributed by atoms with E-state index in [-0.39, 0.29) is 55.6 Å². The second kappa shape index (κ2) is 11.1. The number of nitrogens with zero attached hydrogens (tertiary/aromatic N) is 2. The van der Waals surface area contributed by atoms with Gasteiger partial charge in [0.15, 0.2) is 0 Å². The van der Waals surface area contributed by atoms with Crippen LogP contribution in [-0.2, 0) is 10.4 Å². The van der Waals surface area contributed by atoms with Gasteiger partial charge in [-0.15, -0.1) is 0 Å². The Morgan fingerprint density at radius 2 is 1.76 bits per heavy atom. The maximum absolute atomic E-state index is 15.3. The van der Waals surface area contributed by atoms with Crippen LogP contribution in [0.1, 0.15) is 67.1 Å². The molecule has 7 nitrogen and oxygen atoms in total. The molecule has 2 fully saturated rings. The van der Waals surface area contributed by atoms with Gasteiger partial charge >= 0.3 is 0 Å². The fourth-order valence-corrected chi connectivity index (χ4v) is 5.69. The van der Waals surface area contributed by atoms with Gasteiger partial charge in [0.2, 0.25) is 0 Å². The Balaban J connectivity index is 1.42. The number of halogens is 4. The number of aliphatic hydroxyl groups excluding tert-OH is 1. The summed E-state index contributed by atoms with van der Waals surface area (Å²) in [5.41, 5.74) is -4.28. The molecule has 2 aliphatic rings. The highest BCUT2D eigenvalue weighted by molar-refractivity contribution is 6.03. The Hall–Kier alpha value is -3.41. The third kappa shape index (κ3) is 5.58. The summed E-state index contributed by atoms with van der Waals surface area (Å²) in [6.45, 7) is 3.63. The van der Waals surface area contributed by atoms with Crippen molar-refractivity contribution in [2.24, 2.45) is 5.92 Å². The Morgan fingerprint density at radius 3 is 2.41 bits per heavy atom. The lowest BCUT2D eigenvalue weighted by molar-refractivity contribution is -0.123. The first-order valence-electron chi connectivity index (χ1n) is 13.5. The summed E-state index contributed by atoms with van der Waals surface area (Å²) in [4.78, 5) is 21.2. The van der Waals surface area contributed by atoms with Crippen LogP contribution >= 0.6 is 0 Å². The first kappa shape index (κ1) is 29.1. The lowest BCUT2D eigenvalue weighted by Gasteiger charge is -2.43. The van der Waals surface area contributed by atoms with Crippen LogP contribution in [0, 0.1) is 23.4 Å². The molecule has 1 saturated heterocycles. The lowest BCUT2D eigenvalue weighted by atomic mass is 9.69. The molecular weight excluding hydrogens is 542 g/mol. The van der Waals surface area contributed by atoms with Gasteiger partial charge in [-0.05, 0) is 73.1 Å². The smallest absolute Gasteiger partial charge is 0.274 e. The van der Waals surface area contributed by atoms with Crippen molar-refractivity contribution in [3.8, 4) is 11.3 Å². The zero-order valence-electron chi connectivity index (χ0n) is 22.6. The zero-order valence-corrected chi connectivity index (χ0v) is 22.6. The van der Waals surface area contributed by atoms with Crippen LogP contribution in [0.25, 0.3) is 11.3 Å². The van der Waals surface area contributed by atoms with Gasteiger partial charge in [0, 0.05) is 32.3 Å². The van der Waals surface area contributed by atoms with Gasteiger partial charge in [-0.25, -0.2) is 22.5 Å². The average Bonchev–Trinajstić information content (AvgIpc) is 2.93. The molecule has 5 rings (SSSR count). The Morgan fingerprint density at radius 1 is 1.07 bits per heavy atom. The number of benzene rings is 1. The van der Waals surface area contributed by atoms with Gasteiger partial charge in [-0.3, -0.25) is 9.78 Å². The first-order chi connectivity index (χ1) is 19.4. The zero-order chi connectivity index (χ0) is 29.5. The van der Waals surface area contributed by atoms with E-state index >= 15 is 13.2 Å². The molecule has 0 radical (unpaired) electrons. The number of anilines is 1. The molecule has 4 atom stereocenters. The maximum Gasteiger partial charge on any atom is 0.274 e. The summed E-state index contributed by atoms with van der Waals surface area (Å²) in [5, 5.41) is 23.8. The standard InChI is InChI=1S/C30H31F4N3O4/c1-16-11-17(12-25(38)29(16,2)40)19-5-8-35-15-24(19)37-28(39)23-4-3-20(31)27(36-23)26-21(32)13-18(14-22(26)33)30(34)6-9-41-10-7-30/h3-5,8,13-17,25,38,40H,6-7,9-12H2,1-2H3,(H,37,39)/t16-,17+,25+,29+/m0/s1. The van der Waals surface area contributed by atoms with E-state index in [1.807, 2.05) is 6.92 Å². The van der Waals surface area contributed by atoms with E-state index in [0.717, 1.165) is 24.3 Å². The number of rotatable bonds is 5. The summed E-state index contributed by atoms with van der Waals surface area (Å²) >= 11 is 0. The summed E-state index contributed by atoms with van der Waals surface area (Å²) in [7, 11) is 0. The Labute approximate surface area is 234 Å². The number of carbonyl (C=O) groups excluding carboxylic acids is 1. The van der Waals surface area contributed by atoms with Gasteiger partial charge < -0.3 is 20.3 Å². The fourth-order valence-electron chi connectivity index (χ4n) is 5.69. The molecule has 41 heavy (non-hydrogen) atoms. The molecule has 3 aromatic rings. The summed E-state index contributed by atoms with van der Waals surface area (Å²) in [5.74, 6) is -4.69. The Bertz CT molecular complexity index is 1420. The monoisotopic (exact) mass is 573 g/mol. The van der Waals surface area contributed by atoms with Crippen molar-refractivity contribution in [1.82, 2.24) is 9.97 Å². The van der Waals surface area contributed by atoms with Crippen molar-refractivity contribution in [3.05, 3.63) is 77.0 Å². The van der Waals surface area contributed by atoms with Crippen molar-refractivity contribution >= 4 is 11.6 Å². The number of carbonyl (C=O) groups is 1. The normalized spacial score (nSPS) is 26.0. The molecular formula is C30H31F4N3O4. The largest absolute Gasteiger partial charge is 0.390 e. The summed E-state index contributed by atoms with van der Waals surface area (Å²) in [6.07, 6.45) is 2.64. The molecule has 218 valence electrons. The third-order valence-electron chi connectivity index (χ3n) is 8.52. The van der Waals surface area contributed by atoms with Crippen molar-refractivity contribution in [3.63, 3.8) is 0 Å². The maximum atomic E-state index is 15.3. The molecule has 0 bridgehead atoms. The molecule has 1 aliphatic carbocycles. The van der Waals surface area contributed by atoms with E-state index in [1.165, 1.54) is 6.20 Å². The molecule has 1 aliphatic heterocycles. The number of pyridine rings is 2. The van der Waals surface area contributed by atoms with Gasteiger partial charge in [0.05, 0.1) is 29.2 Å². The Kier molecular flexibility index (Phi) is 7.88. The van der Waals surface area contributed by atoms with Crippen LogP contribution in [0.4, 0.5) is 23.2 Å². The molecule has 3 heterocycles. The topological polar surface area (TPSA) is 105 Å². The van der Waals surface area contributed by atoms with E-state index in [4.69, 9.17) is 4.74 Å². The average molecular weight is 574 g/mol. The fraction of sp³-hybridized carbons (Fsp3) is 0.433. The van der Waals surface area contributed by atoms with Crippen molar-refractivity contribution in [2.45, 2.75) is 62.8 Å². The second-order valence-electron chi connectivity index (χ2n) is 11.1. The highest BCUT2D eigenvalue weighted by Crippen LogP contribution is 2.44. The predicted molar refractivity (Wildman–Crippen MR) is 142 cm³/mol. The van der Waals surface area contributed by atoms with Gasteiger partial charge in [-0.1, -0.05) is 6.92 Å². The van der Waals surface area contributed by atoms with E-state index in [9.17, 15) is 19.4 Å². The van der Waals surface area contributed by atoms with E-state index in [2.05, 4.69) is 15.3 Å². The highest BCUT2D eigenvalue weighted by Gasteiger charge is 2.43. The number of ether oxygens (including phenoxy) is 1. The number of amides is 1. The van der Waals surface area contributed by atoms with Gasteiger partial charge in [-0.2, -0.15) is 0 Å². The second-order valence-corrected chi connectivity index (χ2v) is 11.1. The quantitative estimate of drug-likeness (QED) is 0.353. The molecule has 1 aromatic carbocycles. The first-order valence-corrected chi connectivity index (χ1v) is 13.5. The van der Waals surface area contributed by atoms with E-state index < -0.39 is 52.0 Å². The minimum absolute atomic E-state index is 0.0676. The molecule has 11 heteroatoms. The SMILES string of the molecule is C[C@H]1C[C@@H](c2ccncc2NC(=O)c2ccc(F)c(-c3c(F)cc(C4(F)CCOCC4)cc3F)n2)C[C@@H](O)[C@]1(C)O. The summed E-state index contributed by atoms with van der Waals surface area (Å²) in [6, 6.07) is 5.32. The van der Waals surface area contributed by atoms with Crippen LogP contribution in [0.15, 0.2) is 42.7 Å². The lowest BCUT2D eigenvalue weighted by Crippen LogP contribution is -2.49. The third-order valence-corrected chi connectivity index (χ3v) is 8.52. The van der Waals surface area contributed by atoms with Gasteiger partial charge in [0.25, 0.3) is 5.91 Å². The minimum Gasteiger partial charge on any atom is -0.390 e.